The van der Waals surface area contributed by atoms with Gasteiger partial charge in [0.1, 0.15) is 11.8 Å². The third-order valence-electron chi connectivity index (χ3n) is 4.39. The van der Waals surface area contributed by atoms with Crippen LogP contribution in [-0.4, -0.2) is 5.97 Å². The number of nitrogens with zero attached hydrogens (tertiary/aromatic N) is 1. The van der Waals surface area contributed by atoms with Crippen LogP contribution >= 0.6 is 0 Å². The Morgan fingerprint density at radius 1 is 1.29 bits per heavy atom. The molecule has 4 heteroatoms. The number of aryl methyl sites for hydroxylation is 1. The predicted octanol–water partition coefficient (Wildman–Crippen LogP) is 4.89. The fourth-order valence-electron chi connectivity index (χ4n) is 2.87. The first kappa shape index (κ1) is 17.9. The van der Waals surface area contributed by atoms with E-state index in [9.17, 15) is 9.18 Å². The van der Waals surface area contributed by atoms with Gasteiger partial charge in [-0.2, -0.15) is 9.65 Å². The largest absolute Gasteiger partial charge is 0.426 e. The Morgan fingerprint density at radius 2 is 1.96 bits per heavy atom. The molecule has 24 heavy (non-hydrogen) atoms. The van der Waals surface area contributed by atoms with Gasteiger partial charge in [-0.05, 0) is 61.8 Å². The molecule has 0 bridgehead atoms. The quantitative estimate of drug-likeness (QED) is 0.335. The topological polar surface area (TPSA) is 50.1 Å². The summed E-state index contributed by atoms with van der Waals surface area (Å²) in [5, 5.41) is 8.34. The molecule has 1 aromatic carbocycles. The molecule has 1 saturated carbocycles. The maximum Gasteiger partial charge on any atom is 0.314 e. The number of hydrogen-bond acceptors (Lipinski definition) is 3. The third-order valence-corrected chi connectivity index (χ3v) is 4.39. The van der Waals surface area contributed by atoms with Crippen molar-refractivity contribution in [3.05, 3.63) is 53.9 Å². The number of carbonyl (C=O) groups excluding carboxylic acids is 1. The van der Waals surface area contributed by atoms with Crippen molar-refractivity contribution in [2.75, 3.05) is 0 Å². The molecule has 0 aliphatic heterocycles. The molecule has 0 aromatic heterocycles. The van der Waals surface area contributed by atoms with Crippen molar-refractivity contribution in [1.29, 1.82) is 5.26 Å². The minimum atomic E-state index is -0.794. The molecule has 0 spiro atoms. The number of halogens is 1. The van der Waals surface area contributed by atoms with E-state index in [-0.39, 0.29) is 11.9 Å². The highest BCUT2D eigenvalue weighted by molar-refractivity contribution is 5.75. The zero-order chi connectivity index (χ0) is 17.4. The maximum atomic E-state index is 12.7. The van der Waals surface area contributed by atoms with E-state index in [0.29, 0.717) is 11.7 Å². The highest BCUT2D eigenvalue weighted by atomic mass is 19.1. The lowest BCUT2D eigenvalue weighted by molar-refractivity contribution is -0.140. The number of benzene rings is 1. The molecular formula is C20H22FNO2. The highest BCUT2D eigenvalue weighted by Crippen LogP contribution is 2.31. The van der Waals surface area contributed by atoms with Gasteiger partial charge in [-0.1, -0.05) is 31.2 Å². The van der Waals surface area contributed by atoms with Crippen molar-refractivity contribution in [1.82, 2.24) is 0 Å². The summed E-state index contributed by atoms with van der Waals surface area (Å²) < 4.78 is 18.2. The van der Waals surface area contributed by atoms with Crippen LogP contribution in [0.2, 0.25) is 0 Å². The summed E-state index contributed by atoms with van der Waals surface area (Å²) in [5.74, 6) is -0.126. The monoisotopic (exact) mass is 327 g/mol. The zero-order valence-electron chi connectivity index (χ0n) is 13.9. The SMILES string of the molecule is CCc1ccc(OC(=O)[C@H]2CC[C@H](C=CC=C(F)C#N)CC2)cc1. The zero-order valence-corrected chi connectivity index (χ0v) is 13.9. The first-order chi connectivity index (χ1) is 11.6. The van der Waals surface area contributed by atoms with Gasteiger partial charge in [0.05, 0.1) is 5.92 Å². The summed E-state index contributed by atoms with van der Waals surface area (Å²) in [6.45, 7) is 2.08. The second kappa shape index (κ2) is 9.02. The summed E-state index contributed by atoms with van der Waals surface area (Å²) in [6.07, 6.45) is 8.88. The van der Waals surface area contributed by atoms with Gasteiger partial charge in [-0.15, -0.1) is 0 Å². The molecule has 2 rings (SSSR count). The first-order valence-corrected chi connectivity index (χ1v) is 8.37. The van der Waals surface area contributed by atoms with Crippen LogP contribution in [0.3, 0.4) is 0 Å². The van der Waals surface area contributed by atoms with E-state index >= 15 is 0 Å². The van der Waals surface area contributed by atoms with Crippen LogP contribution in [0.1, 0.15) is 38.2 Å². The molecule has 0 radical (unpaired) electrons. The van der Waals surface area contributed by atoms with Crippen LogP contribution in [0.5, 0.6) is 5.75 Å². The number of rotatable bonds is 5. The minimum absolute atomic E-state index is 0.0770. The number of hydrogen-bond donors (Lipinski definition) is 0. The van der Waals surface area contributed by atoms with E-state index in [0.717, 1.165) is 32.1 Å². The Kier molecular flexibility index (Phi) is 6.74. The van der Waals surface area contributed by atoms with Crippen LogP contribution in [0, 0.1) is 23.2 Å². The predicted molar refractivity (Wildman–Crippen MR) is 90.8 cm³/mol. The Morgan fingerprint density at radius 3 is 2.54 bits per heavy atom. The molecule has 0 atom stereocenters. The van der Waals surface area contributed by atoms with Crippen molar-refractivity contribution < 1.29 is 13.9 Å². The van der Waals surface area contributed by atoms with Gasteiger partial charge in [-0.25, -0.2) is 0 Å². The number of esters is 1. The van der Waals surface area contributed by atoms with Crippen molar-refractivity contribution >= 4 is 5.97 Å². The maximum absolute atomic E-state index is 12.7. The second-order valence-corrected chi connectivity index (χ2v) is 6.04. The Hall–Kier alpha value is -2.41. The van der Waals surface area contributed by atoms with E-state index < -0.39 is 5.83 Å². The lowest BCUT2D eigenvalue weighted by atomic mass is 9.82. The molecule has 0 N–H and O–H groups in total. The van der Waals surface area contributed by atoms with Crippen LogP contribution in [-0.2, 0) is 11.2 Å². The average Bonchev–Trinajstić information content (AvgIpc) is 2.62. The second-order valence-electron chi connectivity index (χ2n) is 6.04. The van der Waals surface area contributed by atoms with Crippen LogP contribution in [0.15, 0.2) is 48.3 Å². The lowest BCUT2D eigenvalue weighted by Gasteiger charge is -2.25. The van der Waals surface area contributed by atoms with Gasteiger partial charge >= 0.3 is 5.97 Å². The Balaban J connectivity index is 1.81. The number of allylic oxidation sites excluding steroid dienone is 4. The van der Waals surface area contributed by atoms with E-state index in [1.807, 2.05) is 30.3 Å². The van der Waals surface area contributed by atoms with E-state index in [1.165, 1.54) is 17.7 Å². The molecule has 0 saturated heterocycles. The Bertz CT molecular complexity index is 647. The minimum Gasteiger partial charge on any atom is -0.426 e. The smallest absolute Gasteiger partial charge is 0.314 e. The van der Waals surface area contributed by atoms with Gasteiger partial charge in [0.15, 0.2) is 5.83 Å². The van der Waals surface area contributed by atoms with E-state index in [1.54, 1.807) is 6.08 Å². The fourth-order valence-corrected chi connectivity index (χ4v) is 2.87. The van der Waals surface area contributed by atoms with E-state index in [4.69, 9.17) is 10.00 Å². The van der Waals surface area contributed by atoms with Gasteiger partial charge in [-0.3, -0.25) is 4.79 Å². The molecule has 0 heterocycles. The molecule has 1 aliphatic rings. The summed E-state index contributed by atoms with van der Waals surface area (Å²) >= 11 is 0. The number of ether oxygens (including phenoxy) is 1. The third kappa shape index (κ3) is 5.34. The standard InChI is InChI=1S/C20H22FNO2/c1-2-15-8-12-19(13-9-15)24-20(23)17-10-6-16(7-11-17)4-3-5-18(21)14-22/h3-5,8-9,12-13,16-17H,2,6-7,10-11H2,1H3/t16-,17-. The van der Waals surface area contributed by atoms with Gasteiger partial charge in [0.25, 0.3) is 0 Å². The summed E-state index contributed by atoms with van der Waals surface area (Å²) in [7, 11) is 0. The van der Waals surface area contributed by atoms with Crippen LogP contribution in [0.4, 0.5) is 4.39 Å². The molecular weight excluding hydrogens is 305 g/mol. The summed E-state index contributed by atoms with van der Waals surface area (Å²) in [4.78, 5) is 12.2. The molecule has 1 fully saturated rings. The van der Waals surface area contributed by atoms with Crippen molar-refractivity contribution in [3.8, 4) is 11.8 Å². The van der Waals surface area contributed by atoms with E-state index in [2.05, 4.69) is 6.92 Å². The van der Waals surface area contributed by atoms with Crippen LogP contribution < -0.4 is 4.74 Å². The molecule has 3 nitrogen and oxygen atoms in total. The average molecular weight is 327 g/mol. The number of nitriles is 1. The van der Waals surface area contributed by atoms with Crippen molar-refractivity contribution in [2.24, 2.45) is 11.8 Å². The normalized spacial score (nSPS) is 21.5. The lowest BCUT2D eigenvalue weighted by Crippen LogP contribution is -2.25. The number of carbonyl (C=O) groups is 1. The summed E-state index contributed by atoms with van der Waals surface area (Å²) in [5.41, 5.74) is 1.21. The van der Waals surface area contributed by atoms with Crippen molar-refractivity contribution in [3.63, 3.8) is 0 Å². The molecule has 1 aromatic rings. The summed E-state index contributed by atoms with van der Waals surface area (Å²) in [6, 6.07) is 9.05. The first-order valence-electron chi connectivity index (χ1n) is 8.37. The Labute approximate surface area is 142 Å². The van der Waals surface area contributed by atoms with Crippen molar-refractivity contribution in [2.45, 2.75) is 39.0 Å². The van der Waals surface area contributed by atoms with Gasteiger partial charge in [0.2, 0.25) is 0 Å². The molecule has 126 valence electrons. The molecule has 0 amide bonds. The highest BCUT2D eigenvalue weighted by Gasteiger charge is 2.26. The van der Waals surface area contributed by atoms with Gasteiger partial charge in [0, 0.05) is 0 Å². The van der Waals surface area contributed by atoms with Gasteiger partial charge < -0.3 is 4.74 Å². The van der Waals surface area contributed by atoms with Crippen LogP contribution in [0.25, 0.3) is 0 Å². The fraction of sp³-hybridized carbons (Fsp3) is 0.400. The molecule has 1 aliphatic carbocycles. The molecule has 0 unspecified atom stereocenters.